The van der Waals surface area contributed by atoms with E-state index in [9.17, 15) is 4.79 Å². The summed E-state index contributed by atoms with van der Waals surface area (Å²) in [4.78, 5) is 11.6. The lowest BCUT2D eigenvalue weighted by Crippen LogP contribution is -2.24. The Bertz CT molecular complexity index is 387. The van der Waals surface area contributed by atoms with Crippen LogP contribution in [0.5, 0.6) is 0 Å². The summed E-state index contributed by atoms with van der Waals surface area (Å²) in [6, 6.07) is 6.47. The molecule has 1 aromatic rings. The molecule has 0 bridgehead atoms. The fourth-order valence-corrected chi connectivity index (χ4v) is 1.96. The number of benzene rings is 1. The lowest BCUT2D eigenvalue weighted by atomic mass is 9.98. The maximum Gasteiger partial charge on any atom is 0.252 e. The van der Waals surface area contributed by atoms with Gasteiger partial charge in [0.1, 0.15) is 0 Å². The number of carbonyl (C=O) groups excluding carboxylic acids is 1. The van der Waals surface area contributed by atoms with Gasteiger partial charge in [-0.1, -0.05) is 18.2 Å². The van der Waals surface area contributed by atoms with Gasteiger partial charge < -0.3 is 10.6 Å². The topological polar surface area (TPSA) is 41.1 Å². The zero-order valence-corrected chi connectivity index (χ0v) is 9.13. The van der Waals surface area contributed by atoms with Crippen LogP contribution in [-0.2, 0) is 13.0 Å². The Kier molecular flexibility index (Phi) is 2.73. The van der Waals surface area contributed by atoms with Gasteiger partial charge in [-0.05, 0) is 31.5 Å². The predicted molar refractivity (Wildman–Crippen MR) is 59.8 cm³/mol. The molecule has 1 aliphatic rings. The molecule has 80 valence electrons. The molecule has 1 atom stereocenters. The van der Waals surface area contributed by atoms with Gasteiger partial charge in [-0.2, -0.15) is 0 Å². The summed E-state index contributed by atoms with van der Waals surface area (Å²) >= 11 is 0. The van der Waals surface area contributed by atoms with Crippen LogP contribution in [0.2, 0.25) is 0 Å². The normalized spacial score (nSPS) is 16.0. The van der Waals surface area contributed by atoms with Gasteiger partial charge in [0.2, 0.25) is 0 Å². The molecule has 0 saturated heterocycles. The fourth-order valence-electron chi connectivity index (χ4n) is 1.96. The number of hydrogen-bond acceptors (Lipinski definition) is 2. The van der Waals surface area contributed by atoms with E-state index >= 15 is 0 Å². The van der Waals surface area contributed by atoms with E-state index in [1.54, 1.807) is 0 Å². The van der Waals surface area contributed by atoms with Crippen LogP contribution < -0.4 is 10.6 Å². The van der Waals surface area contributed by atoms with E-state index in [2.05, 4.69) is 17.6 Å². The lowest BCUT2D eigenvalue weighted by molar-refractivity contribution is 0.0965. The third-order valence-electron chi connectivity index (χ3n) is 2.92. The van der Waals surface area contributed by atoms with E-state index in [0.29, 0.717) is 12.6 Å². The summed E-state index contributed by atoms with van der Waals surface area (Å²) in [6.45, 7) is 2.79. The van der Waals surface area contributed by atoms with Crippen molar-refractivity contribution in [3.05, 3.63) is 34.9 Å². The van der Waals surface area contributed by atoms with Crippen molar-refractivity contribution in [2.24, 2.45) is 0 Å². The molecular formula is C12H16N2O. The van der Waals surface area contributed by atoms with Crippen molar-refractivity contribution in [3.8, 4) is 0 Å². The number of carbonyl (C=O) groups is 1. The van der Waals surface area contributed by atoms with Gasteiger partial charge in [0.15, 0.2) is 0 Å². The second-order valence-corrected chi connectivity index (χ2v) is 4.03. The summed E-state index contributed by atoms with van der Waals surface area (Å²) in [7, 11) is 1.94. The van der Waals surface area contributed by atoms with Crippen LogP contribution in [0.4, 0.5) is 0 Å². The van der Waals surface area contributed by atoms with E-state index in [4.69, 9.17) is 0 Å². The highest BCUT2D eigenvalue weighted by Gasteiger charge is 2.22. The first kappa shape index (κ1) is 10.2. The molecular weight excluding hydrogens is 188 g/mol. The van der Waals surface area contributed by atoms with Crippen LogP contribution in [0, 0.1) is 0 Å². The molecule has 0 aromatic heterocycles. The van der Waals surface area contributed by atoms with Crippen LogP contribution in [0.15, 0.2) is 18.2 Å². The first-order chi connectivity index (χ1) is 7.22. The van der Waals surface area contributed by atoms with Crippen molar-refractivity contribution in [1.29, 1.82) is 0 Å². The van der Waals surface area contributed by atoms with Gasteiger partial charge in [0.25, 0.3) is 5.91 Å². The van der Waals surface area contributed by atoms with Crippen LogP contribution in [0.25, 0.3) is 0 Å². The Morgan fingerprint density at radius 3 is 3.07 bits per heavy atom. The summed E-state index contributed by atoms with van der Waals surface area (Å²) in [5.74, 6) is 0.0731. The Hall–Kier alpha value is -1.35. The smallest absolute Gasteiger partial charge is 0.252 e. The van der Waals surface area contributed by atoms with Crippen LogP contribution >= 0.6 is 0 Å². The molecule has 0 fully saturated rings. The highest BCUT2D eigenvalue weighted by atomic mass is 16.1. The average Bonchev–Trinajstić information content (AvgIpc) is 2.61. The summed E-state index contributed by atoms with van der Waals surface area (Å²) in [5.41, 5.74) is 3.16. The molecule has 1 amide bonds. The van der Waals surface area contributed by atoms with Crippen molar-refractivity contribution in [2.75, 3.05) is 7.05 Å². The Morgan fingerprint density at radius 1 is 1.53 bits per heavy atom. The van der Waals surface area contributed by atoms with Gasteiger partial charge in [-0.3, -0.25) is 4.79 Å². The molecule has 0 spiro atoms. The van der Waals surface area contributed by atoms with Crippen molar-refractivity contribution in [3.63, 3.8) is 0 Å². The molecule has 1 unspecified atom stereocenters. The largest absolute Gasteiger partial charge is 0.348 e. The molecule has 1 aliphatic heterocycles. The molecule has 3 heteroatoms. The minimum absolute atomic E-state index is 0.0731. The molecule has 1 heterocycles. The maximum atomic E-state index is 11.6. The monoisotopic (exact) mass is 204 g/mol. The highest BCUT2D eigenvalue weighted by Crippen LogP contribution is 2.20. The number of rotatable bonds is 3. The third kappa shape index (κ3) is 1.88. The number of nitrogens with one attached hydrogen (secondary N) is 2. The van der Waals surface area contributed by atoms with Gasteiger partial charge >= 0.3 is 0 Å². The van der Waals surface area contributed by atoms with Gasteiger partial charge in [0, 0.05) is 18.2 Å². The molecule has 0 radical (unpaired) electrons. The quantitative estimate of drug-likeness (QED) is 0.773. The first-order valence-corrected chi connectivity index (χ1v) is 5.28. The molecule has 0 aliphatic carbocycles. The highest BCUT2D eigenvalue weighted by molar-refractivity contribution is 5.99. The van der Waals surface area contributed by atoms with Crippen molar-refractivity contribution in [2.45, 2.75) is 25.9 Å². The molecule has 2 N–H and O–H groups in total. The number of hydrogen-bond donors (Lipinski definition) is 2. The average molecular weight is 204 g/mol. The molecule has 15 heavy (non-hydrogen) atoms. The minimum Gasteiger partial charge on any atom is -0.348 e. The minimum atomic E-state index is 0.0731. The number of likely N-dealkylation sites (N-methyl/N-ethyl adjacent to an activating group) is 1. The molecule has 0 saturated carbocycles. The van der Waals surface area contributed by atoms with E-state index in [1.165, 1.54) is 0 Å². The lowest BCUT2D eigenvalue weighted by Gasteiger charge is -2.12. The van der Waals surface area contributed by atoms with Crippen LogP contribution in [-0.4, -0.2) is 19.0 Å². The number of amides is 1. The van der Waals surface area contributed by atoms with E-state index < -0.39 is 0 Å². The predicted octanol–water partition coefficient (Wildman–Crippen LogP) is 1.08. The fraction of sp³-hybridized carbons (Fsp3) is 0.417. The van der Waals surface area contributed by atoms with E-state index in [0.717, 1.165) is 23.1 Å². The Balaban J connectivity index is 2.32. The second-order valence-electron chi connectivity index (χ2n) is 4.03. The van der Waals surface area contributed by atoms with Gasteiger partial charge in [-0.15, -0.1) is 0 Å². The van der Waals surface area contributed by atoms with Gasteiger partial charge in [0.05, 0.1) is 0 Å². The van der Waals surface area contributed by atoms with Crippen LogP contribution in [0.3, 0.4) is 0 Å². The second kappa shape index (κ2) is 4.03. The van der Waals surface area contributed by atoms with Crippen molar-refractivity contribution >= 4 is 5.91 Å². The van der Waals surface area contributed by atoms with Crippen molar-refractivity contribution < 1.29 is 4.79 Å². The Morgan fingerprint density at radius 2 is 2.33 bits per heavy atom. The molecule has 2 rings (SSSR count). The zero-order valence-electron chi connectivity index (χ0n) is 9.13. The first-order valence-electron chi connectivity index (χ1n) is 5.28. The van der Waals surface area contributed by atoms with Crippen LogP contribution in [0.1, 0.15) is 28.4 Å². The standard InChI is InChI=1S/C12H16N2O/c1-8(13-2)6-9-4-3-5-10-7-14-12(15)11(9)10/h3-5,8,13H,6-7H2,1-2H3,(H,14,15). The maximum absolute atomic E-state index is 11.6. The van der Waals surface area contributed by atoms with Gasteiger partial charge in [-0.25, -0.2) is 0 Å². The summed E-state index contributed by atoms with van der Waals surface area (Å²) in [6.07, 6.45) is 0.896. The van der Waals surface area contributed by atoms with E-state index in [-0.39, 0.29) is 5.91 Å². The third-order valence-corrected chi connectivity index (χ3v) is 2.92. The Labute approximate surface area is 89.9 Å². The summed E-state index contributed by atoms with van der Waals surface area (Å²) in [5, 5.41) is 6.04. The number of fused-ring (bicyclic) bond motifs is 1. The SMILES string of the molecule is CNC(C)Cc1cccc2c1C(=O)NC2. The zero-order chi connectivity index (χ0) is 10.8. The van der Waals surface area contributed by atoms with E-state index in [1.807, 2.05) is 25.2 Å². The molecule has 1 aromatic carbocycles. The van der Waals surface area contributed by atoms with Crippen molar-refractivity contribution in [1.82, 2.24) is 10.6 Å². The molecule has 3 nitrogen and oxygen atoms in total. The summed E-state index contributed by atoms with van der Waals surface area (Å²) < 4.78 is 0.